The number of halogens is 3. The van der Waals surface area contributed by atoms with Crippen LogP contribution in [-0.4, -0.2) is 38.1 Å². The van der Waals surface area contributed by atoms with Gasteiger partial charge in [0.15, 0.2) is 10.1 Å². The fraction of sp³-hybridized carbons (Fsp3) is 1.00. The minimum absolute atomic E-state index is 1.07. The molecule has 8 heteroatoms. The van der Waals surface area contributed by atoms with Gasteiger partial charge in [0.05, 0.1) is 19.6 Å². The molecule has 0 atom stereocenters. The lowest BCUT2D eigenvalue weighted by molar-refractivity contribution is -0.906. The first kappa shape index (κ1) is 19.7. The van der Waals surface area contributed by atoms with Crippen molar-refractivity contribution >= 4 is 10.1 Å². The van der Waals surface area contributed by atoms with E-state index < -0.39 is 15.6 Å². The molecule has 20 heavy (non-hydrogen) atoms. The summed E-state index contributed by atoms with van der Waals surface area (Å²) in [5.74, 6) is 1.07. The lowest BCUT2D eigenvalue weighted by Crippen LogP contribution is -3.13. The van der Waals surface area contributed by atoms with Crippen molar-refractivity contribution in [1.82, 2.24) is 0 Å². The summed E-state index contributed by atoms with van der Waals surface area (Å²) in [6.45, 7) is 8.90. The average Bonchev–Trinajstić information content (AvgIpc) is 2.30. The maximum atomic E-state index is 10.7. The summed E-state index contributed by atoms with van der Waals surface area (Å²) in [6, 6.07) is 0. The van der Waals surface area contributed by atoms with Crippen LogP contribution >= 0.6 is 0 Å². The molecule has 1 rings (SSSR count). The standard InChI is InChI=1S/C11H23N.CHF3O3S/c1-3-5-11-6-9-12(8-4-2)10-7-11;2-1(3,4)8(5,6)7/h11H,3-10H2,1-2H3;(H,5,6,7). The SMILES string of the molecule is CCCC1CC[NH+](CCC)CC1.O=S(=O)([O-])C(F)(F)F. The molecule has 0 radical (unpaired) electrons. The quantitative estimate of drug-likeness (QED) is 0.631. The van der Waals surface area contributed by atoms with E-state index in [4.69, 9.17) is 13.0 Å². The van der Waals surface area contributed by atoms with Gasteiger partial charge in [0, 0.05) is 0 Å². The van der Waals surface area contributed by atoms with Crippen LogP contribution in [0.1, 0.15) is 46.0 Å². The van der Waals surface area contributed by atoms with Gasteiger partial charge in [-0.15, -0.1) is 0 Å². The number of quaternary nitrogens is 1. The summed E-state index contributed by atoms with van der Waals surface area (Å²) in [6.07, 6.45) is 7.19. The van der Waals surface area contributed by atoms with Gasteiger partial charge in [-0.3, -0.25) is 0 Å². The monoisotopic (exact) mass is 319 g/mol. The second-order valence-corrected chi connectivity index (χ2v) is 6.50. The average molecular weight is 319 g/mol. The lowest BCUT2D eigenvalue weighted by Gasteiger charge is -2.28. The van der Waals surface area contributed by atoms with E-state index in [1.54, 1.807) is 0 Å². The summed E-state index contributed by atoms with van der Waals surface area (Å²) in [5, 5.41) is 0. The second kappa shape index (κ2) is 8.84. The highest BCUT2D eigenvalue weighted by Gasteiger charge is 2.36. The Bertz CT molecular complexity index is 335. The summed E-state index contributed by atoms with van der Waals surface area (Å²) < 4.78 is 58.9. The van der Waals surface area contributed by atoms with Crippen LogP contribution in [0.5, 0.6) is 0 Å². The minimum atomic E-state index is -6.09. The molecular weight excluding hydrogens is 295 g/mol. The fourth-order valence-corrected chi connectivity index (χ4v) is 2.39. The number of rotatable bonds is 4. The van der Waals surface area contributed by atoms with Gasteiger partial charge in [-0.25, -0.2) is 8.42 Å². The molecule has 1 aliphatic heterocycles. The molecular formula is C12H24F3NO3S. The van der Waals surface area contributed by atoms with Crippen molar-refractivity contribution in [2.75, 3.05) is 19.6 Å². The Morgan fingerprint density at radius 2 is 1.60 bits per heavy atom. The lowest BCUT2D eigenvalue weighted by atomic mass is 9.92. The van der Waals surface area contributed by atoms with Crippen LogP contribution in [0.2, 0.25) is 0 Å². The maximum absolute atomic E-state index is 10.7. The van der Waals surface area contributed by atoms with Crippen molar-refractivity contribution in [3.05, 3.63) is 0 Å². The molecule has 1 heterocycles. The fourth-order valence-electron chi connectivity index (χ4n) is 2.39. The van der Waals surface area contributed by atoms with Crippen LogP contribution < -0.4 is 4.90 Å². The molecule has 4 nitrogen and oxygen atoms in total. The highest BCUT2D eigenvalue weighted by Crippen LogP contribution is 2.20. The van der Waals surface area contributed by atoms with Crippen LogP contribution in [0.15, 0.2) is 0 Å². The van der Waals surface area contributed by atoms with Crippen LogP contribution in [0, 0.1) is 5.92 Å². The molecule has 0 unspecified atom stereocenters. The zero-order valence-electron chi connectivity index (χ0n) is 12.0. The third kappa shape index (κ3) is 8.06. The molecule has 0 aliphatic carbocycles. The van der Waals surface area contributed by atoms with E-state index in [9.17, 15) is 13.2 Å². The highest BCUT2D eigenvalue weighted by molar-refractivity contribution is 7.86. The molecule has 0 saturated carbocycles. The number of nitrogens with one attached hydrogen (secondary N) is 1. The van der Waals surface area contributed by atoms with Gasteiger partial charge >= 0.3 is 5.51 Å². The summed E-state index contributed by atoms with van der Waals surface area (Å²) in [7, 11) is -6.09. The number of piperidine rings is 1. The third-order valence-electron chi connectivity index (χ3n) is 3.40. The third-order valence-corrected chi connectivity index (χ3v) is 3.96. The van der Waals surface area contributed by atoms with E-state index in [-0.39, 0.29) is 0 Å². The normalized spacial score (nSPS) is 23.9. The van der Waals surface area contributed by atoms with Crippen LogP contribution in [0.3, 0.4) is 0 Å². The molecule has 1 aliphatic rings. The Labute approximate surface area is 119 Å². The summed E-state index contributed by atoms with van der Waals surface area (Å²) >= 11 is 0. The first-order valence-electron chi connectivity index (χ1n) is 6.97. The molecule has 0 amide bonds. The first-order valence-corrected chi connectivity index (χ1v) is 8.38. The zero-order valence-corrected chi connectivity index (χ0v) is 12.8. The van der Waals surface area contributed by atoms with E-state index >= 15 is 0 Å². The van der Waals surface area contributed by atoms with Crippen molar-refractivity contribution in [3.63, 3.8) is 0 Å². The number of likely N-dealkylation sites (tertiary alicyclic amines) is 1. The van der Waals surface area contributed by atoms with E-state index in [0.717, 1.165) is 5.92 Å². The predicted molar refractivity (Wildman–Crippen MR) is 69.2 cm³/mol. The number of alkyl halides is 3. The van der Waals surface area contributed by atoms with Crippen LogP contribution in [0.4, 0.5) is 13.2 Å². The van der Waals surface area contributed by atoms with E-state index in [2.05, 4.69) is 13.8 Å². The highest BCUT2D eigenvalue weighted by atomic mass is 32.2. The molecule has 0 aromatic rings. The maximum Gasteiger partial charge on any atom is 0.485 e. The van der Waals surface area contributed by atoms with Gasteiger partial charge in [0.1, 0.15) is 0 Å². The molecule has 1 saturated heterocycles. The van der Waals surface area contributed by atoms with Crippen molar-refractivity contribution in [2.24, 2.45) is 5.92 Å². The van der Waals surface area contributed by atoms with Gasteiger partial charge in [-0.2, -0.15) is 13.2 Å². The van der Waals surface area contributed by atoms with Gasteiger partial charge < -0.3 is 9.45 Å². The zero-order chi connectivity index (χ0) is 15.8. The van der Waals surface area contributed by atoms with Crippen LogP contribution in [-0.2, 0) is 10.1 Å². The molecule has 0 spiro atoms. The largest absolute Gasteiger partial charge is 0.741 e. The van der Waals surface area contributed by atoms with Crippen molar-refractivity contribution in [1.29, 1.82) is 0 Å². The molecule has 0 aromatic heterocycles. The Kier molecular flexibility index (Phi) is 8.69. The topological polar surface area (TPSA) is 61.6 Å². The van der Waals surface area contributed by atoms with Crippen molar-refractivity contribution < 1.29 is 31.0 Å². The number of hydrogen-bond acceptors (Lipinski definition) is 3. The van der Waals surface area contributed by atoms with Gasteiger partial charge in [0.2, 0.25) is 0 Å². The number of hydrogen-bond donors (Lipinski definition) is 1. The van der Waals surface area contributed by atoms with Gasteiger partial charge in [-0.05, 0) is 25.2 Å². The summed E-state index contributed by atoms with van der Waals surface area (Å²) in [4.78, 5) is 1.85. The Balaban J connectivity index is 0.000000396. The molecule has 122 valence electrons. The first-order chi connectivity index (χ1) is 9.11. The molecule has 1 fully saturated rings. The Morgan fingerprint density at radius 1 is 1.15 bits per heavy atom. The molecule has 0 aromatic carbocycles. The van der Waals surface area contributed by atoms with E-state index in [0.29, 0.717) is 0 Å². The predicted octanol–water partition coefficient (Wildman–Crippen LogP) is 1.54. The van der Waals surface area contributed by atoms with Gasteiger partial charge in [-0.1, -0.05) is 26.7 Å². The minimum Gasteiger partial charge on any atom is -0.741 e. The molecule has 0 bridgehead atoms. The Hall–Kier alpha value is -0.340. The smallest absolute Gasteiger partial charge is 0.485 e. The van der Waals surface area contributed by atoms with E-state index in [1.807, 2.05) is 4.90 Å². The van der Waals surface area contributed by atoms with Crippen molar-refractivity contribution in [2.45, 2.75) is 51.5 Å². The molecule has 1 N–H and O–H groups in total. The Morgan fingerprint density at radius 3 is 1.90 bits per heavy atom. The summed E-state index contributed by atoms with van der Waals surface area (Å²) in [5.41, 5.74) is -5.65. The van der Waals surface area contributed by atoms with Gasteiger partial charge in [0.25, 0.3) is 0 Å². The second-order valence-electron chi connectivity index (χ2n) is 5.13. The van der Waals surface area contributed by atoms with Crippen LogP contribution in [0.25, 0.3) is 0 Å². The van der Waals surface area contributed by atoms with E-state index in [1.165, 1.54) is 51.7 Å². The van der Waals surface area contributed by atoms with Crippen molar-refractivity contribution in [3.8, 4) is 0 Å².